The highest BCUT2D eigenvalue weighted by molar-refractivity contribution is 5.08. The van der Waals surface area contributed by atoms with E-state index in [2.05, 4.69) is 9.88 Å². The van der Waals surface area contributed by atoms with Crippen molar-refractivity contribution in [3.05, 3.63) is 54.2 Å². The van der Waals surface area contributed by atoms with Crippen LogP contribution in [0.5, 0.6) is 0 Å². The Morgan fingerprint density at radius 3 is 2.79 bits per heavy atom. The second kappa shape index (κ2) is 7.05. The molecule has 5 heteroatoms. The first-order valence-corrected chi connectivity index (χ1v) is 8.71. The van der Waals surface area contributed by atoms with E-state index in [-0.39, 0.29) is 11.7 Å². The average Bonchev–Trinajstić information content (AvgIpc) is 3.27. The van der Waals surface area contributed by atoms with Crippen LogP contribution in [0.15, 0.2) is 47.3 Å². The highest BCUT2D eigenvalue weighted by Crippen LogP contribution is 2.37. The number of rotatable bonds is 5. The molecule has 2 saturated heterocycles. The van der Waals surface area contributed by atoms with Gasteiger partial charge in [-0.15, -0.1) is 0 Å². The summed E-state index contributed by atoms with van der Waals surface area (Å²) in [5, 5.41) is 0. The molecule has 4 heterocycles. The maximum atomic E-state index is 6.18. The first kappa shape index (κ1) is 15.8. The minimum atomic E-state index is 0.0164. The maximum Gasteiger partial charge on any atom is 0.117 e. The van der Waals surface area contributed by atoms with E-state index in [1.54, 1.807) is 18.7 Å². The van der Waals surface area contributed by atoms with Gasteiger partial charge in [-0.2, -0.15) is 0 Å². The number of hydrogen-bond acceptors (Lipinski definition) is 5. The number of nitrogens with zero attached hydrogens (tertiary/aromatic N) is 2. The van der Waals surface area contributed by atoms with Crippen molar-refractivity contribution >= 4 is 0 Å². The molecular weight excluding hydrogens is 304 g/mol. The van der Waals surface area contributed by atoms with E-state index in [0.717, 1.165) is 44.7 Å². The molecule has 128 valence electrons. The SMILES string of the molecule is c1coc(CN2CCC3(CC2)CC(OCc2ccncc2)CO3)c1. The molecule has 0 amide bonds. The molecule has 2 fully saturated rings. The predicted octanol–water partition coefficient (Wildman–Crippen LogP) is 3.01. The van der Waals surface area contributed by atoms with Gasteiger partial charge in [0.05, 0.1) is 37.7 Å². The molecule has 0 bridgehead atoms. The molecule has 0 radical (unpaired) electrons. The van der Waals surface area contributed by atoms with E-state index in [0.29, 0.717) is 13.2 Å². The van der Waals surface area contributed by atoms with Crippen LogP contribution in [0.3, 0.4) is 0 Å². The van der Waals surface area contributed by atoms with Crippen molar-refractivity contribution in [2.75, 3.05) is 19.7 Å². The van der Waals surface area contributed by atoms with Crippen LogP contribution < -0.4 is 0 Å². The van der Waals surface area contributed by atoms with Crippen molar-refractivity contribution in [1.29, 1.82) is 0 Å². The van der Waals surface area contributed by atoms with Crippen LogP contribution in [0.4, 0.5) is 0 Å². The number of furan rings is 1. The summed E-state index contributed by atoms with van der Waals surface area (Å²) in [6.07, 6.45) is 8.71. The summed E-state index contributed by atoms with van der Waals surface area (Å²) in [4.78, 5) is 6.48. The van der Waals surface area contributed by atoms with E-state index in [4.69, 9.17) is 13.9 Å². The Balaban J connectivity index is 1.24. The number of hydrogen-bond donors (Lipinski definition) is 0. The van der Waals surface area contributed by atoms with Gasteiger partial charge in [0.1, 0.15) is 5.76 Å². The fourth-order valence-electron chi connectivity index (χ4n) is 3.69. The molecule has 1 spiro atoms. The Labute approximate surface area is 142 Å². The van der Waals surface area contributed by atoms with E-state index in [1.165, 1.54) is 5.56 Å². The maximum absolute atomic E-state index is 6.18. The van der Waals surface area contributed by atoms with Crippen LogP contribution >= 0.6 is 0 Å². The van der Waals surface area contributed by atoms with E-state index in [9.17, 15) is 0 Å². The summed E-state index contributed by atoms with van der Waals surface area (Å²) in [7, 11) is 0. The molecule has 0 N–H and O–H groups in total. The number of piperidine rings is 1. The zero-order chi connectivity index (χ0) is 16.2. The third-order valence-corrected chi connectivity index (χ3v) is 5.14. The largest absolute Gasteiger partial charge is 0.468 e. The molecule has 0 aromatic carbocycles. The molecule has 0 saturated carbocycles. The molecule has 1 unspecified atom stereocenters. The minimum absolute atomic E-state index is 0.0164. The summed E-state index contributed by atoms with van der Waals surface area (Å²) < 4.78 is 17.7. The summed E-state index contributed by atoms with van der Waals surface area (Å²) in [5.41, 5.74) is 1.18. The zero-order valence-corrected chi connectivity index (χ0v) is 13.9. The van der Waals surface area contributed by atoms with Gasteiger partial charge in [0.2, 0.25) is 0 Å². The highest BCUT2D eigenvalue weighted by Gasteiger charge is 2.43. The molecule has 4 rings (SSSR count). The van der Waals surface area contributed by atoms with Crippen LogP contribution in [-0.2, 0) is 22.6 Å². The van der Waals surface area contributed by atoms with Gasteiger partial charge in [-0.3, -0.25) is 9.88 Å². The fraction of sp³-hybridized carbons (Fsp3) is 0.526. The van der Waals surface area contributed by atoms with Crippen molar-refractivity contribution in [3.8, 4) is 0 Å². The minimum Gasteiger partial charge on any atom is -0.468 e. The van der Waals surface area contributed by atoms with Gasteiger partial charge in [0, 0.05) is 31.9 Å². The van der Waals surface area contributed by atoms with Crippen molar-refractivity contribution in [2.24, 2.45) is 0 Å². The number of ether oxygens (including phenoxy) is 2. The lowest BCUT2D eigenvalue weighted by molar-refractivity contribution is -0.0476. The van der Waals surface area contributed by atoms with Crippen molar-refractivity contribution < 1.29 is 13.9 Å². The standard InChI is InChI=1S/C19H24N2O3/c1-2-17(22-11-1)13-21-9-5-19(6-10-21)12-18(15-24-19)23-14-16-3-7-20-8-4-16/h1-4,7-8,11,18H,5-6,9-10,12-15H2. The topological polar surface area (TPSA) is 47.7 Å². The Bertz CT molecular complexity index is 621. The monoisotopic (exact) mass is 328 g/mol. The van der Waals surface area contributed by atoms with Crippen LogP contribution in [0.2, 0.25) is 0 Å². The average molecular weight is 328 g/mol. The Morgan fingerprint density at radius 2 is 2.04 bits per heavy atom. The third-order valence-electron chi connectivity index (χ3n) is 5.14. The van der Waals surface area contributed by atoms with Crippen LogP contribution in [0.1, 0.15) is 30.6 Å². The predicted molar refractivity (Wildman–Crippen MR) is 89.3 cm³/mol. The summed E-state index contributed by atoms with van der Waals surface area (Å²) in [5.74, 6) is 1.04. The smallest absolute Gasteiger partial charge is 0.117 e. The van der Waals surface area contributed by atoms with Gasteiger partial charge in [-0.05, 0) is 42.7 Å². The number of likely N-dealkylation sites (tertiary alicyclic amines) is 1. The molecule has 2 aliphatic rings. The molecule has 24 heavy (non-hydrogen) atoms. The molecule has 2 aliphatic heterocycles. The van der Waals surface area contributed by atoms with Gasteiger partial charge in [-0.1, -0.05) is 0 Å². The summed E-state index contributed by atoms with van der Waals surface area (Å²) in [6, 6.07) is 7.99. The van der Waals surface area contributed by atoms with E-state index in [1.807, 2.05) is 24.3 Å². The molecule has 1 atom stereocenters. The molecule has 5 nitrogen and oxygen atoms in total. The van der Waals surface area contributed by atoms with Crippen molar-refractivity contribution in [3.63, 3.8) is 0 Å². The molecular formula is C19H24N2O3. The lowest BCUT2D eigenvalue weighted by Gasteiger charge is -2.38. The van der Waals surface area contributed by atoms with Crippen LogP contribution in [0, 0.1) is 0 Å². The van der Waals surface area contributed by atoms with Crippen molar-refractivity contribution in [2.45, 2.75) is 44.1 Å². The Hall–Kier alpha value is -1.69. The first-order valence-electron chi connectivity index (χ1n) is 8.71. The van der Waals surface area contributed by atoms with E-state index < -0.39 is 0 Å². The number of aromatic nitrogens is 1. The molecule has 2 aromatic rings. The highest BCUT2D eigenvalue weighted by atomic mass is 16.6. The van der Waals surface area contributed by atoms with Gasteiger partial charge < -0.3 is 13.9 Å². The molecule has 2 aromatic heterocycles. The summed E-state index contributed by atoms with van der Waals surface area (Å²) >= 11 is 0. The van der Waals surface area contributed by atoms with Crippen LogP contribution in [-0.4, -0.2) is 41.3 Å². The normalized spacial score (nSPS) is 23.8. The zero-order valence-electron chi connectivity index (χ0n) is 13.9. The summed E-state index contributed by atoms with van der Waals surface area (Å²) in [6.45, 7) is 4.35. The second-order valence-electron chi connectivity index (χ2n) is 6.84. The van der Waals surface area contributed by atoms with Crippen molar-refractivity contribution in [1.82, 2.24) is 9.88 Å². The van der Waals surface area contributed by atoms with Gasteiger partial charge >= 0.3 is 0 Å². The second-order valence-corrected chi connectivity index (χ2v) is 6.84. The van der Waals surface area contributed by atoms with Gasteiger partial charge in [0.25, 0.3) is 0 Å². The van der Waals surface area contributed by atoms with Crippen LogP contribution in [0.25, 0.3) is 0 Å². The molecule has 0 aliphatic carbocycles. The first-order chi connectivity index (χ1) is 11.8. The quantitative estimate of drug-likeness (QED) is 0.844. The number of pyridine rings is 1. The lowest BCUT2D eigenvalue weighted by atomic mass is 9.88. The van der Waals surface area contributed by atoms with E-state index >= 15 is 0 Å². The van der Waals surface area contributed by atoms with Gasteiger partial charge in [0.15, 0.2) is 0 Å². The Kier molecular flexibility index (Phi) is 4.65. The lowest BCUT2D eigenvalue weighted by Crippen LogP contribution is -2.43. The Morgan fingerprint density at radius 1 is 1.21 bits per heavy atom. The third kappa shape index (κ3) is 3.69. The fourth-order valence-corrected chi connectivity index (χ4v) is 3.69. The van der Waals surface area contributed by atoms with Gasteiger partial charge in [-0.25, -0.2) is 0 Å².